The van der Waals surface area contributed by atoms with E-state index in [9.17, 15) is 4.79 Å². The lowest BCUT2D eigenvalue weighted by Gasteiger charge is -2.38. The number of anilines is 1. The number of carbonyl (C=O) groups is 1. The predicted molar refractivity (Wildman–Crippen MR) is 111 cm³/mol. The zero-order valence-corrected chi connectivity index (χ0v) is 16.7. The average Bonchev–Trinajstić information content (AvgIpc) is 3.19. The maximum atomic E-state index is 12.6. The van der Waals surface area contributed by atoms with Crippen LogP contribution in [-0.2, 0) is 0 Å². The molecule has 2 aromatic carbocycles. The minimum absolute atomic E-state index is 0.0977. The van der Waals surface area contributed by atoms with Crippen molar-refractivity contribution in [2.24, 2.45) is 0 Å². The summed E-state index contributed by atoms with van der Waals surface area (Å²) in [5, 5.41) is 1.43. The van der Waals surface area contributed by atoms with E-state index in [4.69, 9.17) is 23.2 Å². The van der Waals surface area contributed by atoms with Gasteiger partial charge in [-0.25, -0.2) is 0 Å². The van der Waals surface area contributed by atoms with Gasteiger partial charge in [0.1, 0.15) is 0 Å². The van der Waals surface area contributed by atoms with E-state index >= 15 is 0 Å². The number of carbonyl (C=O) groups excluding carboxylic acids is 1. The summed E-state index contributed by atoms with van der Waals surface area (Å²) in [6.07, 6.45) is 1.16. The van der Waals surface area contributed by atoms with Crippen LogP contribution in [0.2, 0.25) is 10.0 Å². The second-order valence-electron chi connectivity index (χ2n) is 7.20. The van der Waals surface area contributed by atoms with Crippen LogP contribution in [0.3, 0.4) is 0 Å². The fraction of sp³-hybridized carbons (Fsp3) is 0.381. The van der Waals surface area contributed by atoms with E-state index in [1.54, 1.807) is 24.3 Å². The first-order valence-corrected chi connectivity index (χ1v) is 10.2. The minimum atomic E-state index is 0.0977. The normalized spacial score (nSPS) is 20.9. The molecule has 0 spiro atoms. The summed E-state index contributed by atoms with van der Waals surface area (Å²) in [5.41, 5.74) is 1.95. The number of benzene rings is 2. The van der Waals surface area contributed by atoms with E-state index in [2.05, 4.69) is 21.9 Å². The number of rotatable bonds is 3. The van der Waals surface area contributed by atoms with E-state index < -0.39 is 0 Å². The van der Waals surface area contributed by atoms with E-state index in [-0.39, 0.29) is 5.91 Å². The molecular weight excluding hydrogens is 381 g/mol. The first kappa shape index (κ1) is 18.6. The van der Waals surface area contributed by atoms with Gasteiger partial charge in [0.15, 0.2) is 0 Å². The highest BCUT2D eigenvalue weighted by atomic mass is 35.5. The van der Waals surface area contributed by atoms with Gasteiger partial charge in [-0.1, -0.05) is 23.2 Å². The number of hydrogen-bond donors (Lipinski definition) is 0. The van der Waals surface area contributed by atoms with Crippen LogP contribution in [0.5, 0.6) is 0 Å². The number of nitrogens with zero attached hydrogens (tertiary/aromatic N) is 3. The Morgan fingerprint density at radius 3 is 2.04 bits per heavy atom. The van der Waals surface area contributed by atoms with E-state index in [0.717, 1.165) is 50.7 Å². The number of halogens is 2. The summed E-state index contributed by atoms with van der Waals surface area (Å²) < 4.78 is 0. The molecule has 4 nitrogen and oxygen atoms in total. The highest BCUT2D eigenvalue weighted by molar-refractivity contribution is 6.30. The molecule has 2 heterocycles. The molecule has 2 aliphatic rings. The molecule has 0 bridgehead atoms. The van der Waals surface area contributed by atoms with Crippen molar-refractivity contribution < 1.29 is 4.79 Å². The zero-order valence-electron chi connectivity index (χ0n) is 15.2. The molecule has 2 aliphatic heterocycles. The molecule has 1 atom stereocenters. The molecule has 0 N–H and O–H groups in total. The molecule has 0 saturated carbocycles. The molecule has 0 unspecified atom stereocenters. The van der Waals surface area contributed by atoms with Crippen LogP contribution in [-0.4, -0.2) is 61.0 Å². The number of piperazine rings is 1. The summed E-state index contributed by atoms with van der Waals surface area (Å²) in [5.74, 6) is 0.0977. The zero-order chi connectivity index (χ0) is 18.8. The lowest BCUT2D eigenvalue weighted by molar-refractivity contribution is 0.0585. The van der Waals surface area contributed by atoms with E-state index in [1.807, 2.05) is 17.0 Å². The van der Waals surface area contributed by atoms with Gasteiger partial charge in [0.25, 0.3) is 5.91 Å². The minimum Gasteiger partial charge on any atom is -0.370 e. The summed E-state index contributed by atoms with van der Waals surface area (Å²) in [4.78, 5) is 19.6. The Morgan fingerprint density at radius 1 is 0.815 bits per heavy atom. The molecule has 0 radical (unpaired) electrons. The van der Waals surface area contributed by atoms with Crippen LogP contribution < -0.4 is 4.90 Å². The molecule has 2 aromatic rings. The van der Waals surface area contributed by atoms with Gasteiger partial charge < -0.3 is 9.80 Å². The van der Waals surface area contributed by atoms with Crippen molar-refractivity contribution >= 4 is 34.8 Å². The Hall–Kier alpha value is -1.75. The molecule has 2 saturated heterocycles. The SMILES string of the molecule is O=C(c1ccc(Cl)cc1)N1CCN([C@H]2CCN(c3ccc(Cl)cc3)C2)CC1. The van der Waals surface area contributed by atoms with Crippen molar-refractivity contribution in [1.29, 1.82) is 0 Å². The standard InChI is InChI=1S/C21H23Cl2N3O/c22-17-3-1-16(2-4-17)21(27)25-13-11-24(12-14-25)20-9-10-26(15-20)19-7-5-18(23)6-8-19/h1-8,20H,9-15H2/t20-/m0/s1. The predicted octanol–water partition coefficient (Wildman–Crippen LogP) is 4.03. The van der Waals surface area contributed by atoms with Crippen molar-refractivity contribution in [2.75, 3.05) is 44.2 Å². The van der Waals surface area contributed by atoms with Gasteiger partial charge in [0, 0.05) is 66.6 Å². The summed E-state index contributed by atoms with van der Waals surface area (Å²) >= 11 is 11.9. The Balaban J connectivity index is 1.31. The fourth-order valence-electron chi connectivity index (χ4n) is 3.99. The maximum Gasteiger partial charge on any atom is 0.253 e. The summed E-state index contributed by atoms with van der Waals surface area (Å²) in [7, 11) is 0. The molecule has 1 amide bonds. The Kier molecular flexibility index (Phi) is 5.58. The second-order valence-corrected chi connectivity index (χ2v) is 8.07. The molecule has 6 heteroatoms. The monoisotopic (exact) mass is 403 g/mol. The van der Waals surface area contributed by atoms with Crippen LogP contribution in [0.4, 0.5) is 5.69 Å². The van der Waals surface area contributed by atoms with Crippen molar-refractivity contribution in [3.05, 3.63) is 64.1 Å². The van der Waals surface area contributed by atoms with Crippen LogP contribution in [0.1, 0.15) is 16.8 Å². The molecule has 2 fully saturated rings. The van der Waals surface area contributed by atoms with Gasteiger partial charge in [0.05, 0.1) is 0 Å². The van der Waals surface area contributed by atoms with Gasteiger partial charge in [-0.15, -0.1) is 0 Å². The van der Waals surface area contributed by atoms with Gasteiger partial charge in [0.2, 0.25) is 0 Å². The summed E-state index contributed by atoms with van der Waals surface area (Å²) in [6.45, 7) is 5.51. The lowest BCUT2D eigenvalue weighted by Crippen LogP contribution is -2.52. The van der Waals surface area contributed by atoms with Crippen molar-refractivity contribution in [2.45, 2.75) is 12.5 Å². The highest BCUT2D eigenvalue weighted by Crippen LogP contribution is 2.25. The Labute approximate surface area is 170 Å². The van der Waals surface area contributed by atoms with Crippen LogP contribution in [0, 0.1) is 0 Å². The third-order valence-corrected chi connectivity index (χ3v) is 6.07. The molecule has 0 aromatic heterocycles. The van der Waals surface area contributed by atoms with Gasteiger partial charge in [-0.2, -0.15) is 0 Å². The number of hydrogen-bond acceptors (Lipinski definition) is 3. The van der Waals surface area contributed by atoms with Crippen LogP contribution in [0.15, 0.2) is 48.5 Å². The lowest BCUT2D eigenvalue weighted by atomic mass is 10.1. The van der Waals surface area contributed by atoms with E-state index in [0.29, 0.717) is 16.6 Å². The highest BCUT2D eigenvalue weighted by Gasteiger charge is 2.31. The van der Waals surface area contributed by atoms with Gasteiger partial charge in [-0.3, -0.25) is 9.69 Å². The Morgan fingerprint density at radius 2 is 1.41 bits per heavy atom. The van der Waals surface area contributed by atoms with Crippen molar-refractivity contribution in [3.63, 3.8) is 0 Å². The molecule has 27 heavy (non-hydrogen) atoms. The second kappa shape index (κ2) is 8.09. The Bertz CT molecular complexity index is 786. The molecule has 142 valence electrons. The quantitative estimate of drug-likeness (QED) is 0.773. The van der Waals surface area contributed by atoms with Crippen LogP contribution >= 0.6 is 23.2 Å². The maximum absolute atomic E-state index is 12.6. The third kappa shape index (κ3) is 4.23. The smallest absolute Gasteiger partial charge is 0.253 e. The van der Waals surface area contributed by atoms with Crippen LogP contribution in [0.25, 0.3) is 0 Å². The first-order chi connectivity index (χ1) is 13.1. The third-order valence-electron chi connectivity index (χ3n) is 5.56. The van der Waals surface area contributed by atoms with E-state index in [1.165, 1.54) is 5.69 Å². The largest absolute Gasteiger partial charge is 0.370 e. The number of amides is 1. The van der Waals surface area contributed by atoms with Gasteiger partial charge in [-0.05, 0) is 55.0 Å². The summed E-state index contributed by atoms with van der Waals surface area (Å²) in [6, 6.07) is 15.8. The molecular formula is C21H23Cl2N3O. The molecule has 4 rings (SSSR count). The topological polar surface area (TPSA) is 26.8 Å². The molecule has 0 aliphatic carbocycles. The van der Waals surface area contributed by atoms with Crippen molar-refractivity contribution in [3.8, 4) is 0 Å². The fourth-order valence-corrected chi connectivity index (χ4v) is 4.24. The van der Waals surface area contributed by atoms with Gasteiger partial charge >= 0.3 is 0 Å². The van der Waals surface area contributed by atoms with Crippen molar-refractivity contribution in [1.82, 2.24) is 9.80 Å². The average molecular weight is 404 g/mol. The first-order valence-electron chi connectivity index (χ1n) is 9.39.